The SMILES string of the molecule is Cc1c(C(F)(F)F)[nH]n(CCCc2ccccc2)c1=S. The molecule has 0 aliphatic rings. The van der Waals surface area contributed by atoms with Crippen LogP contribution in [0.5, 0.6) is 0 Å². The minimum absolute atomic E-state index is 0.0900. The lowest BCUT2D eigenvalue weighted by Crippen LogP contribution is -2.09. The summed E-state index contributed by atoms with van der Waals surface area (Å²) < 4.78 is 39.8. The van der Waals surface area contributed by atoms with E-state index in [0.717, 1.165) is 12.8 Å². The van der Waals surface area contributed by atoms with E-state index in [1.54, 1.807) is 0 Å². The average molecular weight is 300 g/mol. The van der Waals surface area contributed by atoms with E-state index >= 15 is 0 Å². The number of nitrogens with one attached hydrogen (secondary N) is 1. The van der Waals surface area contributed by atoms with Gasteiger partial charge in [0.2, 0.25) is 0 Å². The lowest BCUT2D eigenvalue weighted by Gasteiger charge is -2.05. The highest BCUT2D eigenvalue weighted by molar-refractivity contribution is 7.71. The number of halogens is 3. The molecule has 2 nitrogen and oxygen atoms in total. The summed E-state index contributed by atoms with van der Waals surface area (Å²) in [6, 6.07) is 9.83. The summed E-state index contributed by atoms with van der Waals surface area (Å²) in [7, 11) is 0. The molecule has 20 heavy (non-hydrogen) atoms. The normalized spacial score (nSPS) is 11.8. The van der Waals surface area contributed by atoms with Crippen molar-refractivity contribution in [2.75, 3.05) is 0 Å². The van der Waals surface area contributed by atoms with Crippen LogP contribution in [-0.2, 0) is 19.1 Å². The first-order chi connectivity index (χ1) is 9.39. The second kappa shape index (κ2) is 5.83. The molecular formula is C14H15F3N2S. The molecule has 0 aliphatic carbocycles. The minimum atomic E-state index is -4.39. The van der Waals surface area contributed by atoms with Crippen LogP contribution in [0.4, 0.5) is 13.2 Å². The zero-order valence-corrected chi connectivity index (χ0v) is 11.8. The van der Waals surface area contributed by atoms with Crippen molar-refractivity contribution in [3.8, 4) is 0 Å². The van der Waals surface area contributed by atoms with Crippen LogP contribution >= 0.6 is 12.2 Å². The molecule has 1 N–H and O–H groups in total. The fourth-order valence-electron chi connectivity index (χ4n) is 2.10. The fraction of sp³-hybridized carbons (Fsp3) is 0.357. The van der Waals surface area contributed by atoms with Gasteiger partial charge in [0.1, 0.15) is 10.3 Å². The van der Waals surface area contributed by atoms with E-state index in [2.05, 4.69) is 5.10 Å². The van der Waals surface area contributed by atoms with Crippen molar-refractivity contribution in [3.63, 3.8) is 0 Å². The largest absolute Gasteiger partial charge is 0.433 e. The van der Waals surface area contributed by atoms with Crippen LogP contribution in [0.15, 0.2) is 30.3 Å². The maximum atomic E-state index is 12.7. The van der Waals surface area contributed by atoms with Gasteiger partial charge < -0.3 is 0 Å². The summed E-state index contributed by atoms with van der Waals surface area (Å²) in [6.07, 6.45) is -2.85. The van der Waals surface area contributed by atoms with Crippen LogP contribution in [0.1, 0.15) is 23.2 Å². The Morgan fingerprint density at radius 2 is 1.85 bits per heavy atom. The van der Waals surface area contributed by atoms with E-state index in [1.165, 1.54) is 17.2 Å². The minimum Gasteiger partial charge on any atom is -0.293 e. The van der Waals surface area contributed by atoms with Gasteiger partial charge in [-0.05, 0) is 25.3 Å². The molecule has 1 heterocycles. The summed E-state index contributed by atoms with van der Waals surface area (Å²) in [4.78, 5) is 0. The van der Waals surface area contributed by atoms with Crippen LogP contribution in [0.2, 0.25) is 0 Å². The van der Waals surface area contributed by atoms with E-state index in [9.17, 15) is 13.2 Å². The number of rotatable bonds is 4. The summed E-state index contributed by atoms with van der Waals surface area (Å²) in [5, 5.41) is 2.36. The van der Waals surface area contributed by atoms with Gasteiger partial charge in [0.05, 0.1) is 0 Å². The number of hydrogen-bond acceptors (Lipinski definition) is 1. The summed E-state index contributed by atoms with van der Waals surface area (Å²) in [5.74, 6) is 0. The quantitative estimate of drug-likeness (QED) is 0.824. The van der Waals surface area contributed by atoms with Crippen LogP contribution in [0.3, 0.4) is 0 Å². The van der Waals surface area contributed by atoms with Gasteiger partial charge in [-0.3, -0.25) is 9.78 Å². The zero-order valence-electron chi connectivity index (χ0n) is 11.0. The third-order valence-corrected chi connectivity index (χ3v) is 3.69. The van der Waals surface area contributed by atoms with Gasteiger partial charge in [-0.25, -0.2) is 0 Å². The predicted molar refractivity (Wildman–Crippen MR) is 74.1 cm³/mol. The number of aryl methyl sites for hydroxylation is 2. The highest BCUT2D eigenvalue weighted by atomic mass is 32.1. The number of H-pyrrole nitrogens is 1. The number of benzene rings is 1. The van der Waals surface area contributed by atoms with Crippen molar-refractivity contribution in [1.29, 1.82) is 0 Å². The van der Waals surface area contributed by atoms with Crippen molar-refractivity contribution in [3.05, 3.63) is 51.8 Å². The smallest absolute Gasteiger partial charge is 0.293 e. The van der Waals surface area contributed by atoms with Gasteiger partial charge in [0.25, 0.3) is 0 Å². The second-order valence-corrected chi connectivity index (χ2v) is 5.04. The maximum absolute atomic E-state index is 12.7. The molecule has 2 aromatic rings. The Labute approximate surface area is 120 Å². The number of aromatic nitrogens is 2. The van der Waals surface area contributed by atoms with E-state index in [0.29, 0.717) is 6.54 Å². The molecule has 0 bridgehead atoms. The Kier molecular flexibility index (Phi) is 4.32. The van der Waals surface area contributed by atoms with Gasteiger partial charge >= 0.3 is 6.18 Å². The Morgan fingerprint density at radius 3 is 2.40 bits per heavy atom. The van der Waals surface area contributed by atoms with Crippen LogP contribution < -0.4 is 0 Å². The topological polar surface area (TPSA) is 20.7 Å². The molecule has 0 saturated heterocycles. The molecule has 108 valence electrons. The van der Waals surface area contributed by atoms with Crippen molar-refractivity contribution >= 4 is 12.2 Å². The summed E-state index contributed by atoms with van der Waals surface area (Å²) in [5.41, 5.74) is 0.507. The molecule has 0 atom stereocenters. The van der Waals surface area contributed by atoms with Crippen LogP contribution in [-0.4, -0.2) is 9.78 Å². The molecule has 0 spiro atoms. The van der Waals surface area contributed by atoms with Crippen molar-refractivity contribution in [1.82, 2.24) is 9.78 Å². The number of alkyl halides is 3. The van der Waals surface area contributed by atoms with Crippen molar-refractivity contribution in [2.45, 2.75) is 32.5 Å². The number of hydrogen-bond donors (Lipinski definition) is 1. The summed E-state index contributed by atoms with van der Waals surface area (Å²) in [6.45, 7) is 1.85. The molecule has 0 radical (unpaired) electrons. The standard InChI is InChI=1S/C14H15F3N2S/c1-10-12(14(15,16)17)18-19(13(10)20)9-5-8-11-6-3-2-4-7-11/h2-4,6-7,18H,5,8-9H2,1H3. The molecule has 6 heteroatoms. The molecule has 0 fully saturated rings. The fourth-order valence-corrected chi connectivity index (χ4v) is 2.34. The maximum Gasteiger partial charge on any atom is 0.433 e. The van der Waals surface area contributed by atoms with Gasteiger partial charge in [0.15, 0.2) is 0 Å². The zero-order chi connectivity index (χ0) is 14.8. The lowest BCUT2D eigenvalue weighted by molar-refractivity contribution is -0.141. The van der Waals surface area contributed by atoms with E-state index in [1.807, 2.05) is 30.3 Å². The summed E-state index contributed by atoms with van der Waals surface area (Å²) >= 11 is 5.04. The first-order valence-corrected chi connectivity index (χ1v) is 6.71. The first kappa shape index (κ1) is 14.8. The van der Waals surface area contributed by atoms with E-state index in [4.69, 9.17) is 12.2 Å². The Bertz CT molecular complexity index is 626. The highest BCUT2D eigenvalue weighted by Crippen LogP contribution is 2.30. The molecular weight excluding hydrogens is 285 g/mol. The van der Waals surface area contributed by atoms with Gasteiger partial charge in [0, 0.05) is 12.1 Å². The molecule has 0 unspecified atom stereocenters. The Hall–Kier alpha value is -1.56. The van der Waals surface area contributed by atoms with E-state index < -0.39 is 11.9 Å². The lowest BCUT2D eigenvalue weighted by atomic mass is 10.1. The van der Waals surface area contributed by atoms with Crippen molar-refractivity contribution < 1.29 is 13.2 Å². The van der Waals surface area contributed by atoms with Crippen LogP contribution in [0, 0.1) is 11.6 Å². The van der Waals surface area contributed by atoms with Gasteiger partial charge in [-0.15, -0.1) is 0 Å². The van der Waals surface area contributed by atoms with Gasteiger partial charge in [-0.2, -0.15) is 13.2 Å². The highest BCUT2D eigenvalue weighted by Gasteiger charge is 2.35. The molecule has 1 aromatic heterocycles. The Morgan fingerprint density at radius 1 is 1.20 bits per heavy atom. The van der Waals surface area contributed by atoms with Crippen LogP contribution in [0.25, 0.3) is 0 Å². The number of nitrogens with zero attached hydrogens (tertiary/aromatic N) is 1. The Balaban J connectivity index is 2.06. The molecule has 0 saturated carbocycles. The number of aromatic amines is 1. The second-order valence-electron chi connectivity index (χ2n) is 4.66. The first-order valence-electron chi connectivity index (χ1n) is 6.30. The average Bonchev–Trinajstić information content (AvgIpc) is 2.68. The molecule has 0 amide bonds. The van der Waals surface area contributed by atoms with Gasteiger partial charge in [-0.1, -0.05) is 42.5 Å². The molecule has 1 aromatic carbocycles. The third kappa shape index (κ3) is 3.30. The predicted octanol–water partition coefficient (Wildman–Crippen LogP) is 4.51. The molecule has 0 aliphatic heterocycles. The third-order valence-electron chi connectivity index (χ3n) is 3.16. The van der Waals surface area contributed by atoms with E-state index in [-0.39, 0.29) is 10.2 Å². The monoisotopic (exact) mass is 300 g/mol. The van der Waals surface area contributed by atoms with Crippen molar-refractivity contribution in [2.24, 2.45) is 0 Å². The molecule has 2 rings (SSSR count).